The molecule has 1 aromatic carbocycles. The zero-order valence-electron chi connectivity index (χ0n) is 10.8. The van der Waals surface area contributed by atoms with Crippen molar-refractivity contribution < 1.29 is 4.39 Å². The molecule has 0 saturated heterocycles. The number of rotatable bonds is 3. The third-order valence-electron chi connectivity index (χ3n) is 3.07. The molecule has 0 amide bonds. The molecule has 96 valence electrons. The Labute approximate surface area is 111 Å². The normalized spacial score (nSPS) is 12.7. The molecule has 1 heterocycles. The number of nitrogens with zero attached hydrogens (tertiary/aromatic N) is 1. The molecule has 4 heteroatoms. The lowest BCUT2D eigenvalue weighted by Gasteiger charge is -2.09. The van der Waals surface area contributed by atoms with Crippen LogP contribution in [0.1, 0.15) is 39.7 Å². The van der Waals surface area contributed by atoms with Gasteiger partial charge in [-0.15, -0.1) is 11.3 Å². The molecule has 1 atom stereocenters. The van der Waals surface area contributed by atoms with Crippen LogP contribution in [-0.2, 0) is 6.42 Å². The molecule has 2 rings (SSSR count). The Hall–Kier alpha value is -1.26. The maximum Gasteiger partial charge on any atom is 0.126 e. The fourth-order valence-corrected chi connectivity index (χ4v) is 2.90. The third-order valence-corrected chi connectivity index (χ3v) is 4.16. The molecule has 0 fully saturated rings. The molecule has 1 aromatic heterocycles. The summed E-state index contributed by atoms with van der Waals surface area (Å²) < 4.78 is 13.5. The number of thiazole rings is 1. The molecular formula is C14H17FN2S. The molecule has 2 N–H and O–H groups in total. The Morgan fingerprint density at radius 1 is 1.39 bits per heavy atom. The van der Waals surface area contributed by atoms with Gasteiger partial charge in [-0.25, -0.2) is 9.37 Å². The number of aromatic nitrogens is 1. The van der Waals surface area contributed by atoms with E-state index in [1.54, 1.807) is 24.3 Å². The van der Waals surface area contributed by atoms with Gasteiger partial charge in [-0.05, 0) is 37.5 Å². The zero-order valence-corrected chi connectivity index (χ0v) is 11.6. The summed E-state index contributed by atoms with van der Waals surface area (Å²) >= 11 is 1.59. The highest BCUT2D eigenvalue weighted by Crippen LogP contribution is 2.27. The third kappa shape index (κ3) is 2.44. The predicted molar refractivity (Wildman–Crippen MR) is 73.4 cm³/mol. The van der Waals surface area contributed by atoms with Crippen molar-refractivity contribution in [3.8, 4) is 0 Å². The van der Waals surface area contributed by atoms with Crippen molar-refractivity contribution in [2.45, 2.75) is 33.2 Å². The van der Waals surface area contributed by atoms with E-state index in [2.05, 4.69) is 11.9 Å². The lowest BCUT2D eigenvalue weighted by molar-refractivity contribution is 0.614. The molecule has 0 spiro atoms. The molecule has 2 aromatic rings. The molecular weight excluding hydrogens is 247 g/mol. The lowest BCUT2D eigenvalue weighted by atomic mass is 10.1. The van der Waals surface area contributed by atoms with Crippen LogP contribution < -0.4 is 5.73 Å². The maximum absolute atomic E-state index is 13.5. The number of halogens is 1. The first-order chi connectivity index (χ1) is 8.52. The van der Waals surface area contributed by atoms with E-state index in [9.17, 15) is 4.39 Å². The number of hydrogen-bond acceptors (Lipinski definition) is 3. The maximum atomic E-state index is 13.5. The van der Waals surface area contributed by atoms with Gasteiger partial charge in [0.25, 0.3) is 0 Å². The Morgan fingerprint density at radius 2 is 2.11 bits per heavy atom. The van der Waals surface area contributed by atoms with E-state index in [1.165, 1.54) is 10.9 Å². The molecule has 0 saturated carbocycles. The fourth-order valence-electron chi connectivity index (χ4n) is 1.86. The molecule has 0 aliphatic heterocycles. The van der Waals surface area contributed by atoms with Gasteiger partial charge < -0.3 is 5.73 Å². The second-order valence-electron chi connectivity index (χ2n) is 4.39. The largest absolute Gasteiger partial charge is 0.318 e. The summed E-state index contributed by atoms with van der Waals surface area (Å²) in [7, 11) is 0. The minimum atomic E-state index is -0.343. The van der Waals surface area contributed by atoms with Crippen molar-refractivity contribution in [2.75, 3.05) is 0 Å². The van der Waals surface area contributed by atoms with Gasteiger partial charge >= 0.3 is 0 Å². The summed E-state index contributed by atoms with van der Waals surface area (Å²) in [5.74, 6) is -0.216. The van der Waals surface area contributed by atoms with Gasteiger partial charge in [0.2, 0.25) is 0 Å². The van der Waals surface area contributed by atoms with E-state index < -0.39 is 0 Å². The highest BCUT2D eigenvalue weighted by atomic mass is 32.1. The van der Waals surface area contributed by atoms with Crippen LogP contribution in [0.5, 0.6) is 0 Å². The molecule has 0 aliphatic rings. The fraction of sp³-hybridized carbons (Fsp3) is 0.357. The predicted octanol–water partition coefficient (Wildman–Crippen LogP) is 3.51. The average Bonchev–Trinajstić information content (AvgIpc) is 2.73. The SMILES string of the molecule is CCc1nc(C(N)c2ccc(C)c(F)c2)sc1C. The lowest BCUT2D eigenvalue weighted by Crippen LogP contribution is -2.12. The van der Waals surface area contributed by atoms with Gasteiger partial charge in [-0.3, -0.25) is 0 Å². The molecule has 0 aliphatic carbocycles. The van der Waals surface area contributed by atoms with Crippen LogP contribution in [-0.4, -0.2) is 4.98 Å². The summed E-state index contributed by atoms with van der Waals surface area (Å²) in [4.78, 5) is 5.72. The number of benzene rings is 1. The van der Waals surface area contributed by atoms with Crippen LogP contribution in [0.3, 0.4) is 0 Å². The smallest absolute Gasteiger partial charge is 0.126 e. The first-order valence-corrected chi connectivity index (χ1v) is 6.82. The highest BCUT2D eigenvalue weighted by Gasteiger charge is 2.16. The van der Waals surface area contributed by atoms with Gasteiger partial charge in [-0.2, -0.15) is 0 Å². The van der Waals surface area contributed by atoms with Gasteiger partial charge in [-0.1, -0.05) is 19.1 Å². The minimum absolute atomic E-state index is 0.216. The Balaban J connectivity index is 2.34. The molecule has 0 radical (unpaired) electrons. The standard InChI is InChI=1S/C14H17FN2S/c1-4-12-9(3)18-14(17-12)13(16)10-6-5-8(2)11(15)7-10/h5-7,13H,4,16H2,1-3H3. The summed E-state index contributed by atoms with van der Waals surface area (Å²) in [5, 5.41) is 0.854. The highest BCUT2D eigenvalue weighted by molar-refractivity contribution is 7.11. The Kier molecular flexibility index (Phi) is 3.78. The summed E-state index contributed by atoms with van der Waals surface area (Å²) in [6, 6.07) is 4.78. The number of hydrogen-bond donors (Lipinski definition) is 1. The summed E-state index contributed by atoms with van der Waals surface area (Å²) in [5.41, 5.74) is 8.64. The Bertz CT molecular complexity index is 563. The average molecular weight is 264 g/mol. The van der Waals surface area contributed by atoms with Gasteiger partial charge in [0, 0.05) is 4.88 Å². The van der Waals surface area contributed by atoms with Crippen LogP contribution in [0.15, 0.2) is 18.2 Å². The van der Waals surface area contributed by atoms with Gasteiger partial charge in [0.15, 0.2) is 0 Å². The van der Waals surface area contributed by atoms with E-state index in [4.69, 9.17) is 5.73 Å². The molecule has 0 bridgehead atoms. The van der Waals surface area contributed by atoms with Crippen molar-refractivity contribution in [3.05, 3.63) is 50.7 Å². The van der Waals surface area contributed by atoms with Crippen molar-refractivity contribution >= 4 is 11.3 Å². The van der Waals surface area contributed by atoms with E-state index in [-0.39, 0.29) is 11.9 Å². The molecule has 2 nitrogen and oxygen atoms in total. The second kappa shape index (κ2) is 5.16. The molecule has 18 heavy (non-hydrogen) atoms. The van der Waals surface area contributed by atoms with Crippen molar-refractivity contribution in [1.29, 1.82) is 0 Å². The van der Waals surface area contributed by atoms with E-state index in [1.807, 2.05) is 13.0 Å². The first kappa shape index (κ1) is 13.2. The van der Waals surface area contributed by atoms with Crippen LogP contribution in [0.2, 0.25) is 0 Å². The molecule has 1 unspecified atom stereocenters. The minimum Gasteiger partial charge on any atom is -0.318 e. The summed E-state index contributed by atoms with van der Waals surface area (Å²) in [6.45, 7) is 5.86. The Morgan fingerprint density at radius 3 is 2.67 bits per heavy atom. The van der Waals surface area contributed by atoms with Crippen LogP contribution in [0.25, 0.3) is 0 Å². The van der Waals surface area contributed by atoms with E-state index in [0.717, 1.165) is 22.7 Å². The van der Waals surface area contributed by atoms with Crippen LogP contribution in [0, 0.1) is 19.7 Å². The van der Waals surface area contributed by atoms with Crippen molar-refractivity contribution in [1.82, 2.24) is 4.98 Å². The zero-order chi connectivity index (χ0) is 13.3. The van der Waals surface area contributed by atoms with Gasteiger partial charge in [0.05, 0.1) is 11.7 Å². The topological polar surface area (TPSA) is 38.9 Å². The van der Waals surface area contributed by atoms with E-state index in [0.29, 0.717) is 5.56 Å². The number of nitrogens with two attached hydrogens (primary N) is 1. The summed E-state index contributed by atoms with van der Waals surface area (Å²) in [6.07, 6.45) is 0.900. The van der Waals surface area contributed by atoms with Crippen molar-refractivity contribution in [3.63, 3.8) is 0 Å². The van der Waals surface area contributed by atoms with Gasteiger partial charge in [0.1, 0.15) is 10.8 Å². The van der Waals surface area contributed by atoms with Crippen LogP contribution >= 0.6 is 11.3 Å². The second-order valence-corrected chi connectivity index (χ2v) is 5.63. The quantitative estimate of drug-likeness (QED) is 0.921. The van der Waals surface area contributed by atoms with Crippen molar-refractivity contribution in [2.24, 2.45) is 5.73 Å². The van der Waals surface area contributed by atoms with E-state index >= 15 is 0 Å². The first-order valence-electron chi connectivity index (χ1n) is 6.00. The van der Waals surface area contributed by atoms with Crippen LogP contribution in [0.4, 0.5) is 4.39 Å². The monoisotopic (exact) mass is 264 g/mol. The number of aryl methyl sites for hydroxylation is 3.